The van der Waals surface area contributed by atoms with Crippen molar-refractivity contribution < 1.29 is 23.1 Å². The van der Waals surface area contributed by atoms with Crippen LogP contribution in [0, 0.1) is 5.82 Å². The van der Waals surface area contributed by atoms with Crippen LogP contribution in [-0.2, 0) is 16.1 Å². The Hall–Kier alpha value is -2.93. The summed E-state index contributed by atoms with van der Waals surface area (Å²) >= 11 is 6.97. The van der Waals surface area contributed by atoms with Crippen molar-refractivity contribution in [3.05, 3.63) is 53.3 Å². The topological polar surface area (TPSA) is 104 Å². The minimum absolute atomic E-state index is 0.0376. The van der Waals surface area contributed by atoms with E-state index in [9.17, 15) is 9.18 Å². The van der Waals surface area contributed by atoms with Gasteiger partial charge in [0.25, 0.3) is 0 Å². The molecule has 1 amide bonds. The van der Waals surface area contributed by atoms with Crippen LogP contribution >= 0.6 is 23.8 Å². The Kier molecular flexibility index (Phi) is 7.85. The highest BCUT2D eigenvalue weighted by molar-refractivity contribution is 7.92. The maximum atomic E-state index is 14.7. The van der Waals surface area contributed by atoms with Crippen molar-refractivity contribution in [2.45, 2.75) is 13.0 Å². The zero-order valence-corrected chi connectivity index (χ0v) is 19.1. The van der Waals surface area contributed by atoms with Crippen molar-refractivity contribution >= 4 is 35.7 Å². The summed E-state index contributed by atoms with van der Waals surface area (Å²) < 4.78 is 28.0. The zero-order chi connectivity index (χ0) is 23.3. The first-order chi connectivity index (χ1) is 15.3. The van der Waals surface area contributed by atoms with Crippen molar-refractivity contribution in [1.29, 1.82) is 0 Å². The molecular formula is C19H20ClFN6O4S. The van der Waals surface area contributed by atoms with Crippen molar-refractivity contribution in [3.63, 3.8) is 0 Å². The lowest BCUT2D eigenvalue weighted by Gasteiger charge is -2.15. The van der Waals surface area contributed by atoms with Crippen LogP contribution in [0.2, 0.25) is 5.15 Å². The third-order valence-electron chi connectivity index (χ3n) is 4.05. The molecule has 170 valence electrons. The van der Waals surface area contributed by atoms with Crippen LogP contribution in [-0.4, -0.2) is 44.2 Å². The van der Waals surface area contributed by atoms with E-state index in [2.05, 4.69) is 20.4 Å². The number of carbonyl (C=O) groups excluding carboxylic acids is 1. The standard InChI is InChI=1S/C19H20ClFN6O4S/c1-11(13-6-5-7-22-17(13)20)29-19(28)25-18-14(10-24-27(18)4)16-15(21)8-12(9-23-16)30-31-32-26(2)3/h5-11H,1-4H3,(H,25,28). The van der Waals surface area contributed by atoms with Gasteiger partial charge in [-0.15, -0.1) is 0 Å². The van der Waals surface area contributed by atoms with Gasteiger partial charge in [-0.1, -0.05) is 22.0 Å². The summed E-state index contributed by atoms with van der Waals surface area (Å²) in [6.07, 6.45) is 2.75. The molecule has 0 aromatic carbocycles. The molecule has 0 saturated heterocycles. The van der Waals surface area contributed by atoms with Crippen molar-refractivity contribution in [1.82, 2.24) is 24.1 Å². The Morgan fingerprint density at radius 1 is 1.34 bits per heavy atom. The first-order valence-electron chi connectivity index (χ1n) is 9.21. The number of hydrogen-bond acceptors (Lipinski definition) is 9. The van der Waals surface area contributed by atoms with Crippen LogP contribution in [0.5, 0.6) is 5.75 Å². The first kappa shape index (κ1) is 23.7. The summed E-state index contributed by atoms with van der Waals surface area (Å²) in [7, 11) is 5.09. The van der Waals surface area contributed by atoms with Crippen LogP contribution < -0.4 is 10.2 Å². The highest BCUT2D eigenvalue weighted by Gasteiger charge is 2.21. The van der Waals surface area contributed by atoms with E-state index >= 15 is 0 Å². The summed E-state index contributed by atoms with van der Waals surface area (Å²) in [5.74, 6) is -0.430. The molecule has 0 radical (unpaired) electrons. The Labute approximate surface area is 192 Å². The molecule has 10 nitrogen and oxygen atoms in total. The molecule has 32 heavy (non-hydrogen) atoms. The molecule has 0 aliphatic carbocycles. The first-order valence-corrected chi connectivity index (χ1v) is 10.3. The molecule has 0 aliphatic heterocycles. The molecular weight excluding hydrogens is 463 g/mol. The third kappa shape index (κ3) is 5.85. The lowest BCUT2D eigenvalue weighted by molar-refractivity contribution is -0.0819. The quantitative estimate of drug-likeness (QED) is 0.164. The van der Waals surface area contributed by atoms with Gasteiger partial charge in [-0.2, -0.15) is 5.10 Å². The molecule has 3 aromatic heterocycles. The molecule has 0 fully saturated rings. The summed E-state index contributed by atoms with van der Waals surface area (Å²) in [6.45, 7) is 1.66. The lowest BCUT2D eigenvalue weighted by atomic mass is 10.2. The van der Waals surface area contributed by atoms with E-state index in [-0.39, 0.29) is 28.0 Å². The summed E-state index contributed by atoms with van der Waals surface area (Å²) in [5, 5.41) is 6.88. The average Bonchev–Trinajstić information content (AvgIpc) is 3.08. The number of anilines is 1. The number of nitrogens with zero attached hydrogens (tertiary/aromatic N) is 5. The SMILES string of the molecule is CC(OC(=O)Nc1c(-c2ncc(OOSN(C)C)cc2F)cnn1C)c1cccnc1Cl. The number of nitrogens with one attached hydrogen (secondary N) is 1. The maximum absolute atomic E-state index is 14.7. The molecule has 0 saturated carbocycles. The molecule has 1 N–H and O–H groups in total. The van der Waals surface area contributed by atoms with Gasteiger partial charge in [0.05, 0.1) is 18.0 Å². The second-order valence-electron chi connectivity index (χ2n) is 6.63. The molecule has 0 spiro atoms. The maximum Gasteiger partial charge on any atom is 0.413 e. The monoisotopic (exact) mass is 482 g/mol. The van der Waals surface area contributed by atoms with E-state index in [1.54, 1.807) is 44.5 Å². The van der Waals surface area contributed by atoms with Crippen LogP contribution in [0.1, 0.15) is 18.6 Å². The fourth-order valence-electron chi connectivity index (χ4n) is 2.59. The van der Waals surface area contributed by atoms with Crippen LogP contribution in [0.25, 0.3) is 11.3 Å². The van der Waals surface area contributed by atoms with Crippen LogP contribution in [0.4, 0.5) is 15.0 Å². The number of ether oxygens (including phenoxy) is 1. The number of pyridine rings is 2. The van der Waals surface area contributed by atoms with Crippen molar-refractivity contribution in [3.8, 4) is 17.0 Å². The lowest BCUT2D eigenvalue weighted by Crippen LogP contribution is -2.18. The fraction of sp³-hybridized carbons (Fsp3) is 0.263. The molecule has 13 heteroatoms. The molecule has 0 aliphatic rings. The number of carbonyl (C=O) groups is 1. The van der Waals surface area contributed by atoms with Gasteiger partial charge in [0, 0.05) is 24.9 Å². The largest absolute Gasteiger partial charge is 0.441 e. The fourth-order valence-corrected chi connectivity index (χ4v) is 3.09. The third-order valence-corrected chi connectivity index (χ3v) is 4.79. The van der Waals surface area contributed by atoms with Gasteiger partial charge in [-0.05, 0) is 27.1 Å². The van der Waals surface area contributed by atoms with Gasteiger partial charge in [-0.25, -0.2) is 23.5 Å². The minimum atomic E-state index is -0.781. The predicted molar refractivity (Wildman–Crippen MR) is 117 cm³/mol. The predicted octanol–water partition coefficient (Wildman–Crippen LogP) is 4.41. The Balaban J connectivity index is 1.73. The Bertz CT molecular complexity index is 1100. The van der Waals surface area contributed by atoms with E-state index in [0.29, 0.717) is 5.56 Å². The van der Waals surface area contributed by atoms with E-state index in [1.807, 2.05) is 0 Å². The highest BCUT2D eigenvalue weighted by atomic mass is 35.5. The number of hydrogen-bond donors (Lipinski definition) is 1. The molecule has 3 aromatic rings. The normalized spacial score (nSPS) is 12.0. The molecule has 3 heterocycles. The van der Waals surface area contributed by atoms with Crippen molar-refractivity contribution in [2.75, 3.05) is 19.4 Å². The summed E-state index contributed by atoms with van der Waals surface area (Å²) in [6, 6.07) is 4.50. The van der Waals surface area contributed by atoms with E-state index in [4.69, 9.17) is 25.6 Å². The summed E-state index contributed by atoms with van der Waals surface area (Å²) in [4.78, 5) is 25.5. The Morgan fingerprint density at radius 3 is 2.81 bits per heavy atom. The highest BCUT2D eigenvalue weighted by Crippen LogP contribution is 2.31. The number of aryl methyl sites for hydroxylation is 1. The van der Waals surface area contributed by atoms with Gasteiger partial charge < -0.3 is 9.62 Å². The van der Waals surface area contributed by atoms with E-state index in [0.717, 1.165) is 18.3 Å². The van der Waals surface area contributed by atoms with Gasteiger partial charge in [0.2, 0.25) is 0 Å². The molecule has 3 rings (SSSR count). The van der Waals surface area contributed by atoms with Crippen molar-refractivity contribution in [2.24, 2.45) is 7.05 Å². The minimum Gasteiger partial charge on any atom is -0.441 e. The zero-order valence-electron chi connectivity index (χ0n) is 17.6. The average molecular weight is 483 g/mol. The number of halogens is 2. The second kappa shape index (κ2) is 10.6. The molecule has 0 bridgehead atoms. The van der Waals surface area contributed by atoms with E-state index in [1.165, 1.54) is 23.3 Å². The van der Waals surface area contributed by atoms with Crippen LogP contribution in [0.15, 0.2) is 36.8 Å². The smallest absolute Gasteiger partial charge is 0.413 e. The van der Waals surface area contributed by atoms with Gasteiger partial charge in [0.1, 0.15) is 35.0 Å². The van der Waals surface area contributed by atoms with Gasteiger partial charge in [0.15, 0.2) is 11.6 Å². The number of rotatable bonds is 8. The number of aromatic nitrogens is 4. The molecule has 1 atom stereocenters. The summed E-state index contributed by atoms with van der Waals surface area (Å²) in [5.41, 5.74) is 0.765. The Morgan fingerprint density at radius 2 is 2.12 bits per heavy atom. The van der Waals surface area contributed by atoms with Gasteiger partial charge in [-0.3, -0.25) is 10.00 Å². The molecule has 1 unspecified atom stereocenters. The van der Waals surface area contributed by atoms with Crippen LogP contribution in [0.3, 0.4) is 0 Å². The van der Waals surface area contributed by atoms with Gasteiger partial charge >= 0.3 is 6.09 Å². The number of amides is 1. The second-order valence-corrected chi connectivity index (χ2v) is 8.00. The van der Waals surface area contributed by atoms with E-state index < -0.39 is 18.0 Å².